The fraction of sp³-hybridized carbons (Fsp3) is 0.750. The SMILES string of the molecule is COC1=CCC[C@]2(CO2)[C@H]1[C@@]1(C)O[C@@H]1CC=C(C)C. The molecule has 0 aromatic rings. The maximum Gasteiger partial charge on any atom is 0.105 e. The molecule has 19 heavy (non-hydrogen) atoms. The molecule has 1 spiro atoms. The molecule has 0 amide bonds. The van der Waals surface area contributed by atoms with Gasteiger partial charge in [0.25, 0.3) is 0 Å². The molecule has 3 rings (SSSR count). The molecule has 3 nitrogen and oxygen atoms in total. The Bertz CT molecular complexity index is 429. The van der Waals surface area contributed by atoms with Crippen molar-refractivity contribution in [2.24, 2.45) is 5.92 Å². The minimum Gasteiger partial charge on any atom is -0.501 e. The number of hydrogen-bond donors (Lipinski definition) is 0. The molecule has 106 valence electrons. The van der Waals surface area contributed by atoms with E-state index in [-0.39, 0.29) is 17.1 Å². The second kappa shape index (κ2) is 4.35. The van der Waals surface area contributed by atoms with Gasteiger partial charge in [0, 0.05) is 0 Å². The van der Waals surface area contributed by atoms with E-state index >= 15 is 0 Å². The number of epoxide rings is 2. The third-order valence-corrected chi connectivity index (χ3v) is 4.77. The summed E-state index contributed by atoms with van der Waals surface area (Å²) in [5, 5.41) is 0. The van der Waals surface area contributed by atoms with Crippen molar-refractivity contribution >= 4 is 0 Å². The summed E-state index contributed by atoms with van der Waals surface area (Å²) < 4.78 is 17.5. The molecule has 0 radical (unpaired) electrons. The van der Waals surface area contributed by atoms with Gasteiger partial charge < -0.3 is 14.2 Å². The largest absolute Gasteiger partial charge is 0.501 e. The summed E-state index contributed by atoms with van der Waals surface area (Å²) in [7, 11) is 1.76. The summed E-state index contributed by atoms with van der Waals surface area (Å²) in [6, 6.07) is 0. The van der Waals surface area contributed by atoms with Gasteiger partial charge in [-0.15, -0.1) is 0 Å². The maximum absolute atomic E-state index is 6.06. The van der Waals surface area contributed by atoms with Crippen molar-refractivity contribution in [2.45, 2.75) is 57.3 Å². The monoisotopic (exact) mass is 264 g/mol. The first-order chi connectivity index (χ1) is 9.02. The van der Waals surface area contributed by atoms with Crippen LogP contribution in [0.2, 0.25) is 0 Å². The van der Waals surface area contributed by atoms with Crippen molar-refractivity contribution in [1.29, 1.82) is 0 Å². The molecule has 0 unspecified atom stereocenters. The Labute approximate surface area is 115 Å². The quantitative estimate of drug-likeness (QED) is 0.577. The zero-order valence-corrected chi connectivity index (χ0v) is 12.4. The third-order valence-electron chi connectivity index (χ3n) is 4.77. The summed E-state index contributed by atoms with van der Waals surface area (Å²) in [4.78, 5) is 0. The molecule has 3 heteroatoms. The number of allylic oxidation sites excluding steroid dienone is 2. The minimum absolute atomic E-state index is 0.00539. The van der Waals surface area contributed by atoms with Crippen LogP contribution >= 0.6 is 0 Å². The van der Waals surface area contributed by atoms with Gasteiger partial charge in [-0.1, -0.05) is 11.6 Å². The first-order valence-electron chi connectivity index (χ1n) is 7.21. The zero-order valence-electron chi connectivity index (χ0n) is 12.4. The second-order valence-corrected chi connectivity index (χ2v) is 6.44. The fourth-order valence-corrected chi connectivity index (χ4v) is 3.54. The standard InChI is InChI=1S/C16H24O3/c1-11(2)7-8-13-15(3,19-13)14-12(17-4)6-5-9-16(14)10-18-16/h6-7,13-14H,5,8-10H2,1-4H3/t13-,14-,15+,16+/m1/s1. The fourth-order valence-electron chi connectivity index (χ4n) is 3.54. The molecule has 1 aliphatic carbocycles. The number of hydrogen-bond acceptors (Lipinski definition) is 3. The Hall–Kier alpha value is -0.800. The van der Waals surface area contributed by atoms with E-state index < -0.39 is 0 Å². The van der Waals surface area contributed by atoms with Crippen molar-refractivity contribution in [1.82, 2.24) is 0 Å². The third kappa shape index (κ3) is 2.13. The summed E-state index contributed by atoms with van der Waals surface area (Å²) >= 11 is 0. The van der Waals surface area contributed by atoms with Crippen LogP contribution in [0.4, 0.5) is 0 Å². The van der Waals surface area contributed by atoms with Crippen LogP contribution < -0.4 is 0 Å². The van der Waals surface area contributed by atoms with Gasteiger partial charge in [0.1, 0.15) is 17.0 Å². The van der Waals surface area contributed by atoms with Crippen LogP contribution in [0, 0.1) is 5.92 Å². The lowest BCUT2D eigenvalue weighted by Crippen LogP contribution is -2.41. The second-order valence-electron chi connectivity index (χ2n) is 6.44. The molecular weight excluding hydrogens is 240 g/mol. The van der Waals surface area contributed by atoms with Crippen LogP contribution in [-0.4, -0.2) is 31.0 Å². The van der Waals surface area contributed by atoms with Crippen molar-refractivity contribution < 1.29 is 14.2 Å². The molecule has 2 saturated heterocycles. The molecule has 2 heterocycles. The highest BCUT2D eigenvalue weighted by atomic mass is 16.6. The van der Waals surface area contributed by atoms with Crippen LogP contribution in [0.5, 0.6) is 0 Å². The van der Waals surface area contributed by atoms with Crippen LogP contribution in [0.1, 0.15) is 40.0 Å². The van der Waals surface area contributed by atoms with Crippen LogP contribution in [-0.2, 0) is 14.2 Å². The summed E-state index contributed by atoms with van der Waals surface area (Å²) in [5.74, 6) is 1.32. The molecule has 2 aliphatic heterocycles. The number of rotatable bonds is 4. The van der Waals surface area contributed by atoms with Gasteiger partial charge in [0.05, 0.1) is 25.7 Å². The first-order valence-corrected chi connectivity index (χ1v) is 7.21. The molecular formula is C16H24O3. The molecule has 0 bridgehead atoms. The first kappa shape index (κ1) is 13.2. The molecule has 2 fully saturated rings. The van der Waals surface area contributed by atoms with Gasteiger partial charge in [-0.25, -0.2) is 0 Å². The van der Waals surface area contributed by atoms with Gasteiger partial charge in [-0.3, -0.25) is 0 Å². The molecule has 0 saturated carbocycles. The topological polar surface area (TPSA) is 34.3 Å². The maximum atomic E-state index is 6.06. The lowest BCUT2D eigenvalue weighted by atomic mass is 9.73. The predicted molar refractivity (Wildman–Crippen MR) is 73.8 cm³/mol. The molecule has 0 aromatic carbocycles. The number of methoxy groups -OCH3 is 1. The van der Waals surface area contributed by atoms with E-state index in [1.54, 1.807) is 7.11 Å². The van der Waals surface area contributed by atoms with Crippen LogP contribution in [0.3, 0.4) is 0 Å². The highest BCUT2D eigenvalue weighted by Gasteiger charge is 2.69. The Balaban J connectivity index is 1.79. The van der Waals surface area contributed by atoms with E-state index in [4.69, 9.17) is 14.2 Å². The Kier molecular flexibility index (Phi) is 3.02. The Morgan fingerprint density at radius 3 is 2.84 bits per heavy atom. The van der Waals surface area contributed by atoms with Gasteiger partial charge in [0.2, 0.25) is 0 Å². The zero-order chi connectivity index (χ0) is 13.7. The lowest BCUT2D eigenvalue weighted by Gasteiger charge is -2.32. The van der Waals surface area contributed by atoms with E-state index in [1.807, 2.05) is 0 Å². The average Bonchev–Trinajstić information content (AvgIpc) is 3.26. The van der Waals surface area contributed by atoms with Gasteiger partial charge >= 0.3 is 0 Å². The summed E-state index contributed by atoms with van der Waals surface area (Å²) in [5.41, 5.74) is 1.22. The molecule has 0 aromatic heterocycles. The van der Waals surface area contributed by atoms with Crippen molar-refractivity contribution in [2.75, 3.05) is 13.7 Å². The lowest BCUT2D eigenvalue weighted by molar-refractivity contribution is 0.0857. The van der Waals surface area contributed by atoms with E-state index in [9.17, 15) is 0 Å². The van der Waals surface area contributed by atoms with Crippen molar-refractivity contribution in [3.63, 3.8) is 0 Å². The highest BCUT2D eigenvalue weighted by molar-refractivity contribution is 5.27. The van der Waals surface area contributed by atoms with Crippen LogP contribution in [0.25, 0.3) is 0 Å². The number of ether oxygens (including phenoxy) is 3. The highest BCUT2D eigenvalue weighted by Crippen LogP contribution is 2.59. The van der Waals surface area contributed by atoms with E-state index in [2.05, 4.69) is 32.9 Å². The Morgan fingerprint density at radius 2 is 2.26 bits per heavy atom. The summed E-state index contributed by atoms with van der Waals surface area (Å²) in [6.07, 6.45) is 7.90. The minimum atomic E-state index is -0.120. The van der Waals surface area contributed by atoms with Gasteiger partial charge in [-0.05, 0) is 46.1 Å². The van der Waals surface area contributed by atoms with E-state index in [1.165, 1.54) is 5.57 Å². The smallest absolute Gasteiger partial charge is 0.105 e. The van der Waals surface area contributed by atoms with Crippen LogP contribution in [0.15, 0.2) is 23.5 Å². The normalized spacial score (nSPS) is 43.7. The van der Waals surface area contributed by atoms with Crippen molar-refractivity contribution in [3.8, 4) is 0 Å². The Morgan fingerprint density at radius 1 is 1.53 bits per heavy atom. The summed E-state index contributed by atoms with van der Waals surface area (Å²) in [6.45, 7) is 7.33. The van der Waals surface area contributed by atoms with E-state index in [0.717, 1.165) is 31.6 Å². The van der Waals surface area contributed by atoms with Gasteiger partial charge in [0.15, 0.2) is 0 Å². The van der Waals surface area contributed by atoms with E-state index in [0.29, 0.717) is 6.10 Å². The molecule has 0 N–H and O–H groups in total. The molecule has 4 atom stereocenters. The average molecular weight is 264 g/mol. The van der Waals surface area contributed by atoms with Crippen molar-refractivity contribution in [3.05, 3.63) is 23.5 Å². The molecule has 3 aliphatic rings. The van der Waals surface area contributed by atoms with Gasteiger partial charge in [-0.2, -0.15) is 0 Å². The predicted octanol–water partition coefficient (Wildman–Crippen LogP) is 3.21.